The number of benzene rings is 3. The van der Waals surface area contributed by atoms with E-state index in [-0.39, 0.29) is 11.3 Å². The second kappa shape index (κ2) is 7.16. The Hall–Kier alpha value is -4.07. The summed E-state index contributed by atoms with van der Waals surface area (Å²) >= 11 is 0. The lowest BCUT2D eigenvalue weighted by molar-refractivity contribution is -0.385. The van der Waals surface area contributed by atoms with Crippen LogP contribution in [0.5, 0.6) is 0 Å². The molecule has 0 saturated carbocycles. The second-order valence-electron chi connectivity index (χ2n) is 6.64. The van der Waals surface area contributed by atoms with Gasteiger partial charge in [-0.2, -0.15) is 4.80 Å². The molecule has 1 aromatic heterocycles. The van der Waals surface area contributed by atoms with Gasteiger partial charge in [0.2, 0.25) is 0 Å². The largest absolute Gasteiger partial charge is 0.322 e. The van der Waals surface area contributed by atoms with Crippen molar-refractivity contribution in [2.24, 2.45) is 0 Å². The van der Waals surface area contributed by atoms with Gasteiger partial charge in [0.15, 0.2) is 0 Å². The van der Waals surface area contributed by atoms with Gasteiger partial charge in [-0.25, -0.2) is 0 Å². The topological polar surface area (TPSA) is 103 Å². The van der Waals surface area contributed by atoms with Crippen LogP contribution in [-0.2, 0) is 0 Å². The van der Waals surface area contributed by atoms with E-state index in [1.165, 1.54) is 12.1 Å². The van der Waals surface area contributed by atoms with Crippen molar-refractivity contribution < 1.29 is 9.72 Å². The molecule has 0 radical (unpaired) electrons. The number of hydrogen-bond donors (Lipinski definition) is 1. The highest BCUT2D eigenvalue weighted by molar-refractivity contribution is 6.06. The molecule has 29 heavy (non-hydrogen) atoms. The Kier molecular flexibility index (Phi) is 4.52. The summed E-state index contributed by atoms with van der Waals surface area (Å²) in [6.07, 6.45) is 0. The van der Waals surface area contributed by atoms with Crippen molar-refractivity contribution in [3.63, 3.8) is 0 Å². The molecule has 0 fully saturated rings. The van der Waals surface area contributed by atoms with Crippen molar-refractivity contribution in [2.75, 3.05) is 5.32 Å². The van der Waals surface area contributed by atoms with Crippen molar-refractivity contribution in [1.29, 1.82) is 0 Å². The third-order valence-electron chi connectivity index (χ3n) is 4.71. The van der Waals surface area contributed by atoms with Crippen LogP contribution in [0.1, 0.15) is 21.5 Å². The zero-order valence-corrected chi connectivity index (χ0v) is 15.8. The molecule has 8 heteroatoms. The summed E-state index contributed by atoms with van der Waals surface area (Å²) in [6, 6.07) is 17.6. The fraction of sp³-hybridized carbons (Fsp3) is 0.0952. The standard InChI is InChI=1S/C21H17N5O3/c1-13-11-18-19(24-25(23-18)15-7-4-3-5-8-15)12-17(13)22-21(27)16-9-6-10-20(14(16)2)26(28)29/h3-12H,1-2H3,(H,22,27). The minimum Gasteiger partial charge on any atom is -0.322 e. The highest BCUT2D eigenvalue weighted by atomic mass is 16.6. The molecule has 0 unspecified atom stereocenters. The van der Waals surface area contributed by atoms with E-state index in [0.29, 0.717) is 22.3 Å². The van der Waals surface area contributed by atoms with Gasteiger partial charge in [0.25, 0.3) is 11.6 Å². The van der Waals surface area contributed by atoms with E-state index in [1.807, 2.05) is 43.3 Å². The number of nitrogens with one attached hydrogen (secondary N) is 1. The summed E-state index contributed by atoms with van der Waals surface area (Å²) in [4.78, 5) is 24.9. The number of rotatable bonds is 4. The zero-order valence-electron chi connectivity index (χ0n) is 15.8. The number of carbonyl (C=O) groups is 1. The molecule has 0 atom stereocenters. The molecule has 3 aromatic carbocycles. The number of para-hydroxylation sites is 1. The monoisotopic (exact) mass is 387 g/mol. The fourth-order valence-electron chi connectivity index (χ4n) is 3.14. The Morgan fingerprint density at radius 2 is 1.69 bits per heavy atom. The number of aromatic nitrogens is 3. The molecule has 0 bridgehead atoms. The lowest BCUT2D eigenvalue weighted by atomic mass is 10.1. The number of fused-ring (bicyclic) bond motifs is 1. The van der Waals surface area contributed by atoms with E-state index in [9.17, 15) is 14.9 Å². The maximum Gasteiger partial charge on any atom is 0.273 e. The van der Waals surface area contributed by atoms with Gasteiger partial charge in [-0.15, -0.1) is 10.2 Å². The van der Waals surface area contributed by atoms with Crippen LogP contribution in [0.4, 0.5) is 11.4 Å². The predicted octanol–water partition coefficient (Wildman–Crippen LogP) is 4.20. The number of nitrogens with zero attached hydrogens (tertiary/aromatic N) is 4. The lowest BCUT2D eigenvalue weighted by Crippen LogP contribution is -2.14. The van der Waals surface area contributed by atoms with Crippen molar-refractivity contribution in [3.8, 4) is 5.69 Å². The Bertz CT molecular complexity index is 1250. The number of carbonyl (C=O) groups excluding carboxylic acids is 1. The van der Waals surface area contributed by atoms with Gasteiger partial charge in [-0.3, -0.25) is 14.9 Å². The number of nitro benzene ring substituents is 1. The molecular weight excluding hydrogens is 370 g/mol. The van der Waals surface area contributed by atoms with Crippen LogP contribution in [0.3, 0.4) is 0 Å². The average molecular weight is 387 g/mol. The van der Waals surface area contributed by atoms with E-state index in [2.05, 4.69) is 15.5 Å². The SMILES string of the molecule is Cc1cc2nn(-c3ccccc3)nc2cc1NC(=O)c1cccc([N+](=O)[O-])c1C. The highest BCUT2D eigenvalue weighted by Crippen LogP contribution is 2.25. The summed E-state index contributed by atoms with van der Waals surface area (Å²) in [6.45, 7) is 3.42. The summed E-state index contributed by atoms with van der Waals surface area (Å²) in [7, 11) is 0. The van der Waals surface area contributed by atoms with E-state index < -0.39 is 10.8 Å². The van der Waals surface area contributed by atoms with Crippen LogP contribution in [0.15, 0.2) is 60.7 Å². The fourth-order valence-corrected chi connectivity index (χ4v) is 3.14. The van der Waals surface area contributed by atoms with Crippen LogP contribution in [0.2, 0.25) is 0 Å². The molecule has 1 heterocycles. The summed E-state index contributed by atoms with van der Waals surface area (Å²) in [5.41, 5.74) is 4.05. The van der Waals surface area contributed by atoms with Gasteiger partial charge in [0, 0.05) is 22.9 Å². The maximum absolute atomic E-state index is 12.7. The highest BCUT2D eigenvalue weighted by Gasteiger charge is 2.19. The molecule has 0 aliphatic heterocycles. The molecule has 0 saturated heterocycles. The Balaban J connectivity index is 1.68. The smallest absolute Gasteiger partial charge is 0.273 e. The molecule has 0 aliphatic rings. The Morgan fingerprint density at radius 3 is 2.38 bits per heavy atom. The predicted molar refractivity (Wildman–Crippen MR) is 109 cm³/mol. The quantitative estimate of drug-likeness (QED) is 0.418. The van der Waals surface area contributed by atoms with Crippen LogP contribution in [0, 0.1) is 24.0 Å². The van der Waals surface area contributed by atoms with Crippen molar-refractivity contribution in [1.82, 2.24) is 15.0 Å². The normalized spacial score (nSPS) is 10.8. The van der Waals surface area contributed by atoms with Gasteiger partial charge in [-0.1, -0.05) is 24.3 Å². The van der Waals surface area contributed by atoms with Gasteiger partial charge in [0.1, 0.15) is 11.0 Å². The Morgan fingerprint density at radius 1 is 1.00 bits per heavy atom. The van der Waals surface area contributed by atoms with Crippen LogP contribution >= 0.6 is 0 Å². The first-order chi connectivity index (χ1) is 13.9. The van der Waals surface area contributed by atoms with Crippen molar-refractivity contribution >= 4 is 28.3 Å². The lowest BCUT2D eigenvalue weighted by Gasteiger charge is -2.10. The number of nitro groups is 1. The van der Waals surface area contributed by atoms with Gasteiger partial charge in [-0.05, 0) is 49.7 Å². The molecular formula is C21H17N5O3. The van der Waals surface area contributed by atoms with E-state index >= 15 is 0 Å². The number of anilines is 1. The van der Waals surface area contributed by atoms with E-state index in [4.69, 9.17) is 0 Å². The summed E-state index contributed by atoms with van der Waals surface area (Å²) in [5.74, 6) is -0.413. The van der Waals surface area contributed by atoms with Crippen LogP contribution in [-0.4, -0.2) is 25.8 Å². The average Bonchev–Trinajstić information content (AvgIpc) is 3.11. The molecule has 0 aliphatic carbocycles. The third-order valence-corrected chi connectivity index (χ3v) is 4.71. The van der Waals surface area contributed by atoms with Gasteiger partial charge < -0.3 is 5.32 Å². The minimum absolute atomic E-state index is 0.0874. The molecule has 1 N–H and O–H groups in total. The Labute approximate surface area is 165 Å². The van der Waals surface area contributed by atoms with E-state index in [1.54, 1.807) is 23.9 Å². The van der Waals surface area contributed by atoms with Crippen LogP contribution < -0.4 is 5.32 Å². The zero-order chi connectivity index (χ0) is 20.5. The first kappa shape index (κ1) is 18.3. The second-order valence-corrected chi connectivity index (χ2v) is 6.64. The summed E-state index contributed by atoms with van der Waals surface area (Å²) < 4.78 is 0. The molecule has 1 amide bonds. The summed E-state index contributed by atoms with van der Waals surface area (Å²) in [5, 5.41) is 22.9. The van der Waals surface area contributed by atoms with Crippen molar-refractivity contribution in [3.05, 3.63) is 87.5 Å². The molecule has 4 rings (SSSR count). The molecule has 0 spiro atoms. The number of aryl methyl sites for hydroxylation is 1. The van der Waals surface area contributed by atoms with Gasteiger partial charge in [0.05, 0.1) is 10.6 Å². The first-order valence-corrected chi connectivity index (χ1v) is 8.92. The van der Waals surface area contributed by atoms with Crippen LogP contribution in [0.25, 0.3) is 16.7 Å². The molecule has 4 aromatic rings. The number of amides is 1. The van der Waals surface area contributed by atoms with Crippen molar-refractivity contribution in [2.45, 2.75) is 13.8 Å². The maximum atomic E-state index is 12.7. The third kappa shape index (κ3) is 3.43. The van der Waals surface area contributed by atoms with Gasteiger partial charge >= 0.3 is 0 Å². The van der Waals surface area contributed by atoms with E-state index in [0.717, 1.165) is 11.3 Å². The number of hydrogen-bond acceptors (Lipinski definition) is 5. The first-order valence-electron chi connectivity index (χ1n) is 8.92. The minimum atomic E-state index is -0.495. The molecule has 144 valence electrons. The molecule has 8 nitrogen and oxygen atoms in total.